The average Bonchev–Trinajstić information content (AvgIpc) is 2.60. The van der Waals surface area contributed by atoms with Gasteiger partial charge in [-0.15, -0.1) is 0 Å². The molecule has 82 valence electrons. The maximum atomic E-state index is 10.5. The van der Waals surface area contributed by atoms with Crippen molar-refractivity contribution < 1.29 is 4.92 Å². The second-order valence-corrected chi connectivity index (χ2v) is 4.11. The number of nitrogens with zero attached hydrogens (tertiary/aromatic N) is 2. The molecule has 0 aliphatic carbocycles. The summed E-state index contributed by atoms with van der Waals surface area (Å²) in [5, 5.41) is 17.4. The molecule has 1 heterocycles. The van der Waals surface area contributed by atoms with Gasteiger partial charge in [-0.1, -0.05) is 0 Å². The molecule has 0 spiro atoms. The minimum atomic E-state index is -0.420. The van der Waals surface area contributed by atoms with E-state index in [-0.39, 0.29) is 5.69 Å². The number of aromatic amines is 1. The lowest BCUT2D eigenvalue weighted by molar-refractivity contribution is -0.384. The highest BCUT2D eigenvalue weighted by molar-refractivity contribution is 9.10. The van der Waals surface area contributed by atoms with Crippen LogP contribution in [0, 0.1) is 17.0 Å². The molecule has 5 nitrogen and oxygen atoms in total. The van der Waals surface area contributed by atoms with Crippen LogP contribution in [0.3, 0.4) is 0 Å². The minimum Gasteiger partial charge on any atom is -0.271 e. The fourth-order valence-corrected chi connectivity index (χ4v) is 1.68. The van der Waals surface area contributed by atoms with E-state index in [1.165, 1.54) is 12.1 Å². The van der Waals surface area contributed by atoms with Crippen molar-refractivity contribution in [3.8, 4) is 11.3 Å². The Morgan fingerprint density at radius 2 is 2.00 bits per heavy atom. The fourth-order valence-electron chi connectivity index (χ4n) is 1.40. The lowest BCUT2D eigenvalue weighted by atomic mass is 10.1. The molecule has 0 aliphatic heterocycles. The predicted molar refractivity (Wildman–Crippen MR) is 63.1 cm³/mol. The molecule has 1 aromatic heterocycles. The molecular weight excluding hydrogens is 274 g/mol. The van der Waals surface area contributed by atoms with Crippen molar-refractivity contribution in [2.24, 2.45) is 0 Å². The zero-order valence-electron chi connectivity index (χ0n) is 8.40. The summed E-state index contributed by atoms with van der Waals surface area (Å²) in [5.74, 6) is 0. The van der Waals surface area contributed by atoms with E-state index in [0.717, 1.165) is 21.4 Å². The van der Waals surface area contributed by atoms with Crippen LogP contribution in [-0.2, 0) is 0 Å². The molecule has 6 heteroatoms. The van der Waals surface area contributed by atoms with Crippen molar-refractivity contribution in [3.05, 3.63) is 44.5 Å². The number of hydrogen-bond acceptors (Lipinski definition) is 3. The second kappa shape index (κ2) is 4.05. The third-order valence-electron chi connectivity index (χ3n) is 2.30. The number of nitro benzene ring substituents is 1. The highest BCUT2D eigenvalue weighted by Gasteiger charge is 2.10. The standard InChI is InChI=1S/C10H8BrN3O2/c1-6-9(12-13-10(6)11)7-2-4-8(5-3-7)14(15)16/h2-5H,1H3,(H,12,13). The third kappa shape index (κ3) is 1.83. The van der Waals surface area contributed by atoms with Crippen LogP contribution >= 0.6 is 15.9 Å². The first kappa shape index (κ1) is 10.8. The Balaban J connectivity index is 2.42. The maximum absolute atomic E-state index is 10.5. The Morgan fingerprint density at radius 1 is 1.38 bits per heavy atom. The molecule has 16 heavy (non-hydrogen) atoms. The van der Waals surface area contributed by atoms with E-state index in [1.807, 2.05) is 6.92 Å². The van der Waals surface area contributed by atoms with Crippen molar-refractivity contribution in [2.45, 2.75) is 6.92 Å². The number of non-ortho nitro benzene ring substituents is 1. The molecule has 0 saturated carbocycles. The van der Waals surface area contributed by atoms with Gasteiger partial charge >= 0.3 is 0 Å². The van der Waals surface area contributed by atoms with E-state index in [9.17, 15) is 10.1 Å². The largest absolute Gasteiger partial charge is 0.271 e. The summed E-state index contributed by atoms with van der Waals surface area (Å²) < 4.78 is 0.820. The van der Waals surface area contributed by atoms with Crippen LogP contribution in [0.4, 0.5) is 5.69 Å². The second-order valence-electron chi connectivity index (χ2n) is 3.32. The number of aromatic nitrogens is 2. The molecule has 2 aromatic rings. The van der Waals surface area contributed by atoms with Crippen molar-refractivity contribution >= 4 is 21.6 Å². The lowest BCUT2D eigenvalue weighted by Gasteiger charge is -1.98. The summed E-state index contributed by atoms with van der Waals surface area (Å²) in [4.78, 5) is 10.1. The molecule has 2 rings (SSSR count). The number of benzene rings is 1. The van der Waals surface area contributed by atoms with Gasteiger partial charge in [0, 0.05) is 23.3 Å². The molecule has 0 amide bonds. The first-order chi connectivity index (χ1) is 7.59. The van der Waals surface area contributed by atoms with Gasteiger partial charge in [0.25, 0.3) is 5.69 Å². The molecule has 0 unspecified atom stereocenters. The summed E-state index contributed by atoms with van der Waals surface area (Å²) in [5.41, 5.74) is 2.71. The molecule has 0 saturated heterocycles. The monoisotopic (exact) mass is 281 g/mol. The summed E-state index contributed by atoms with van der Waals surface area (Å²) in [6.45, 7) is 1.92. The Kier molecular flexibility index (Phi) is 2.74. The van der Waals surface area contributed by atoms with E-state index in [0.29, 0.717) is 0 Å². The summed E-state index contributed by atoms with van der Waals surface area (Å²) >= 11 is 3.32. The first-order valence-corrected chi connectivity index (χ1v) is 5.34. The smallest absolute Gasteiger partial charge is 0.269 e. The molecule has 0 aliphatic rings. The Morgan fingerprint density at radius 3 is 2.44 bits per heavy atom. The van der Waals surface area contributed by atoms with Crippen LogP contribution in [0.1, 0.15) is 5.56 Å². The van der Waals surface area contributed by atoms with E-state index < -0.39 is 4.92 Å². The number of nitrogens with one attached hydrogen (secondary N) is 1. The molecule has 0 atom stereocenters. The molecule has 0 fully saturated rings. The average molecular weight is 282 g/mol. The van der Waals surface area contributed by atoms with E-state index in [1.54, 1.807) is 12.1 Å². The summed E-state index contributed by atoms with van der Waals surface area (Å²) in [6.07, 6.45) is 0. The quantitative estimate of drug-likeness (QED) is 0.679. The molecular formula is C10H8BrN3O2. The number of nitro groups is 1. The number of hydrogen-bond donors (Lipinski definition) is 1. The van der Waals surface area contributed by atoms with Crippen LogP contribution in [0.2, 0.25) is 0 Å². The van der Waals surface area contributed by atoms with Gasteiger partial charge in [-0.25, -0.2) is 0 Å². The van der Waals surface area contributed by atoms with Crippen LogP contribution < -0.4 is 0 Å². The topological polar surface area (TPSA) is 71.8 Å². The molecule has 1 aromatic carbocycles. The van der Waals surface area contributed by atoms with E-state index >= 15 is 0 Å². The Bertz CT molecular complexity index is 533. The zero-order valence-corrected chi connectivity index (χ0v) is 9.98. The van der Waals surface area contributed by atoms with Crippen molar-refractivity contribution in [1.82, 2.24) is 10.2 Å². The van der Waals surface area contributed by atoms with Gasteiger partial charge in [-0.2, -0.15) is 5.10 Å². The molecule has 0 bridgehead atoms. The van der Waals surface area contributed by atoms with Crippen molar-refractivity contribution in [1.29, 1.82) is 0 Å². The van der Waals surface area contributed by atoms with Gasteiger partial charge in [0.15, 0.2) is 0 Å². The normalized spacial score (nSPS) is 10.4. The highest BCUT2D eigenvalue weighted by Crippen LogP contribution is 2.27. The van der Waals surface area contributed by atoms with E-state index in [2.05, 4.69) is 26.1 Å². The third-order valence-corrected chi connectivity index (χ3v) is 3.07. The fraction of sp³-hybridized carbons (Fsp3) is 0.100. The van der Waals surface area contributed by atoms with Crippen LogP contribution in [0.25, 0.3) is 11.3 Å². The summed E-state index contributed by atoms with van der Waals surface area (Å²) in [6, 6.07) is 6.32. The van der Waals surface area contributed by atoms with Gasteiger partial charge in [-0.05, 0) is 35.0 Å². The van der Waals surface area contributed by atoms with Gasteiger partial charge in [0.2, 0.25) is 0 Å². The van der Waals surface area contributed by atoms with Crippen molar-refractivity contribution in [2.75, 3.05) is 0 Å². The lowest BCUT2D eigenvalue weighted by Crippen LogP contribution is -1.87. The zero-order chi connectivity index (χ0) is 11.7. The molecule has 0 radical (unpaired) electrons. The van der Waals surface area contributed by atoms with Crippen LogP contribution in [0.5, 0.6) is 0 Å². The highest BCUT2D eigenvalue weighted by atomic mass is 79.9. The number of H-pyrrole nitrogens is 1. The Labute approximate surface area is 99.8 Å². The van der Waals surface area contributed by atoms with E-state index in [4.69, 9.17) is 0 Å². The predicted octanol–water partition coefficient (Wildman–Crippen LogP) is 3.06. The van der Waals surface area contributed by atoms with Gasteiger partial charge in [-0.3, -0.25) is 15.2 Å². The van der Waals surface area contributed by atoms with Crippen molar-refractivity contribution in [3.63, 3.8) is 0 Å². The van der Waals surface area contributed by atoms with Gasteiger partial charge < -0.3 is 0 Å². The van der Waals surface area contributed by atoms with Gasteiger partial charge in [0.05, 0.1) is 10.6 Å². The molecule has 1 N–H and O–H groups in total. The first-order valence-electron chi connectivity index (χ1n) is 4.55. The maximum Gasteiger partial charge on any atom is 0.269 e. The number of rotatable bonds is 2. The van der Waals surface area contributed by atoms with Crippen LogP contribution in [-0.4, -0.2) is 15.1 Å². The number of halogens is 1. The Hall–Kier alpha value is -1.69. The van der Waals surface area contributed by atoms with Crippen LogP contribution in [0.15, 0.2) is 28.9 Å². The van der Waals surface area contributed by atoms with Gasteiger partial charge in [0.1, 0.15) is 4.60 Å². The SMILES string of the molecule is Cc1c(-c2ccc([N+](=O)[O-])cc2)n[nH]c1Br. The minimum absolute atomic E-state index is 0.0796. The summed E-state index contributed by atoms with van der Waals surface area (Å²) in [7, 11) is 0.